The predicted molar refractivity (Wildman–Crippen MR) is 124 cm³/mol. The van der Waals surface area contributed by atoms with Crippen LogP contribution >= 0.6 is 34.7 Å². The first kappa shape index (κ1) is 20.7. The molecule has 0 bridgehead atoms. The lowest BCUT2D eigenvalue weighted by Gasteiger charge is -2.19. The predicted octanol–water partition coefficient (Wildman–Crippen LogP) is 5.60. The third-order valence-electron chi connectivity index (χ3n) is 5.94. The molecule has 1 aromatic heterocycles. The summed E-state index contributed by atoms with van der Waals surface area (Å²) in [5.74, 6) is -0.173. The van der Waals surface area contributed by atoms with E-state index in [1.165, 1.54) is 28.0 Å². The molecule has 1 saturated carbocycles. The van der Waals surface area contributed by atoms with Gasteiger partial charge in [0.1, 0.15) is 0 Å². The Bertz CT molecular complexity index is 1170. The van der Waals surface area contributed by atoms with Crippen LogP contribution in [0.5, 0.6) is 0 Å². The Labute approximate surface area is 192 Å². The Morgan fingerprint density at radius 2 is 1.74 bits per heavy atom. The van der Waals surface area contributed by atoms with Crippen molar-refractivity contribution in [2.24, 2.45) is 11.8 Å². The maximum Gasteiger partial charge on any atom is 0.237 e. The minimum absolute atomic E-state index is 0.0116. The van der Waals surface area contributed by atoms with Crippen molar-refractivity contribution >= 4 is 68.2 Å². The smallest absolute Gasteiger partial charge is 0.237 e. The van der Waals surface area contributed by atoms with Gasteiger partial charge < -0.3 is 0 Å². The molecule has 2 amide bonds. The maximum atomic E-state index is 12.9. The first-order chi connectivity index (χ1) is 15.0. The zero-order valence-electron chi connectivity index (χ0n) is 16.5. The van der Waals surface area contributed by atoms with Crippen molar-refractivity contribution in [3.63, 3.8) is 0 Å². The molecule has 2 heterocycles. The monoisotopic (exact) mass is 470 g/mol. The highest BCUT2D eigenvalue weighted by atomic mass is 35.5. The largest absolute Gasteiger partial charge is 0.293 e. The van der Waals surface area contributed by atoms with Gasteiger partial charge in [0, 0.05) is 10.6 Å². The van der Waals surface area contributed by atoms with Crippen LogP contribution in [-0.4, -0.2) is 28.3 Å². The van der Waals surface area contributed by atoms with E-state index >= 15 is 0 Å². The van der Waals surface area contributed by atoms with Crippen molar-refractivity contribution in [2.45, 2.75) is 30.0 Å². The number of nitrogens with zero attached hydrogens (tertiary/aromatic N) is 2. The SMILES string of the molecule is O=C(CSc1nc2ccc(N3C(=O)[C@H]4CCCC[C@@H]4C3=O)cc2s1)c1ccc(Cl)cc1. The van der Waals surface area contributed by atoms with Crippen LogP contribution in [0, 0.1) is 11.8 Å². The van der Waals surface area contributed by atoms with Crippen molar-refractivity contribution in [1.29, 1.82) is 0 Å². The van der Waals surface area contributed by atoms with Crippen LogP contribution in [0.15, 0.2) is 46.8 Å². The molecule has 31 heavy (non-hydrogen) atoms. The summed E-state index contributed by atoms with van der Waals surface area (Å²) in [4.78, 5) is 44.1. The van der Waals surface area contributed by atoms with Gasteiger partial charge in [0.25, 0.3) is 0 Å². The summed E-state index contributed by atoms with van der Waals surface area (Å²) in [7, 11) is 0. The van der Waals surface area contributed by atoms with E-state index in [4.69, 9.17) is 11.6 Å². The normalized spacial score (nSPS) is 21.0. The van der Waals surface area contributed by atoms with Gasteiger partial charge in [0.15, 0.2) is 10.1 Å². The summed E-state index contributed by atoms with van der Waals surface area (Å²) in [6.07, 6.45) is 3.63. The molecule has 158 valence electrons. The van der Waals surface area contributed by atoms with Crippen molar-refractivity contribution in [2.75, 3.05) is 10.7 Å². The molecule has 8 heteroatoms. The van der Waals surface area contributed by atoms with Gasteiger partial charge in [0.05, 0.1) is 33.5 Å². The van der Waals surface area contributed by atoms with E-state index < -0.39 is 0 Å². The van der Waals surface area contributed by atoms with Gasteiger partial charge >= 0.3 is 0 Å². The average Bonchev–Trinajstić information content (AvgIpc) is 3.30. The number of carbonyl (C=O) groups is 3. The van der Waals surface area contributed by atoms with Crippen molar-refractivity contribution in [3.05, 3.63) is 53.1 Å². The number of fused-ring (bicyclic) bond motifs is 2. The molecule has 5 nitrogen and oxygen atoms in total. The van der Waals surface area contributed by atoms with Crippen LogP contribution in [0.25, 0.3) is 10.2 Å². The average molecular weight is 471 g/mol. The fourth-order valence-electron chi connectivity index (χ4n) is 4.36. The lowest BCUT2D eigenvalue weighted by Crippen LogP contribution is -2.30. The van der Waals surface area contributed by atoms with E-state index in [-0.39, 0.29) is 35.2 Å². The second-order valence-electron chi connectivity index (χ2n) is 7.86. The van der Waals surface area contributed by atoms with Gasteiger partial charge in [-0.1, -0.05) is 36.2 Å². The van der Waals surface area contributed by atoms with Gasteiger partial charge in [-0.2, -0.15) is 0 Å². The van der Waals surface area contributed by atoms with Gasteiger partial charge in [-0.05, 0) is 55.3 Å². The molecular weight excluding hydrogens is 452 g/mol. The van der Waals surface area contributed by atoms with E-state index in [2.05, 4.69) is 4.98 Å². The molecule has 0 radical (unpaired) electrons. The summed E-state index contributed by atoms with van der Waals surface area (Å²) >= 11 is 8.73. The molecule has 2 aliphatic rings. The van der Waals surface area contributed by atoms with E-state index in [0.29, 0.717) is 16.3 Å². The highest BCUT2D eigenvalue weighted by Crippen LogP contribution is 2.41. The maximum absolute atomic E-state index is 12.9. The number of benzene rings is 2. The zero-order valence-corrected chi connectivity index (χ0v) is 18.9. The molecule has 2 aromatic carbocycles. The first-order valence-corrected chi connectivity index (χ1v) is 12.4. The standard InChI is InChI=1S/C23H19ClN2O3S2/c24-14-7-5-13(6-8-14)19(27)12-30-23-25-18-10-9-15(11-20(18)31-23)26-21(28)16-3-1-2-4-17(16)22(26)29/h5-11,16-17H,1-4,12H2/t16-,17-/m0/s1. The molecule has 1 aliphatic heterocycles. The van der Waals surface area contributed by atoms with Crippen LogP contribution < -0.4 is 4.90 Å². The second kappa shape index (κ2) is 8.37. The Morgan fingerprint density at radius 1 is 1.06 bits per heavy atom. The Hall–Kier alpha value is -2.22. The highest BCUT2D eigenvalue weighted by molar-refractivity contribution is 8.01. The van der Waals surface area contributed by atoms with Gasteiger partial charge in [0.2, 0.25) is 11.8 Å². The number of ketones is 1. The second-order valence-corrected chi connectivity index (χ2v) is 10.5. The Kier molecular flexibility index (Phi) is 5.58. The molecule has 0 spiro atoms. The van der Waals surface area contributed by atoms with Gasteiger partial charge in [-0.15, -0.1) is 11.3 Å². The van der Waals surface area contributed by atoms with Crippen molar-refractivity contribution in [1.82, 2.24) is 4.98 Å². The number of halogens is 1. The van der Waals surface area contributed by atoms with Gasteiger partial charge in [-0.25, -0.2) is 4.98 Å². The minimum atomic E-state index is -0.164. The number of carbonyl (C=O) groups excluding carboxylic acids is 3. The third-order valence-corrected chi connectivity index (χ3v) is 8.36. The number of hydrogen-bond donors (Lipinski definition) is 0. The molecular formula is C23H19ClN2O3S2. The summed E-state index contributed by atoms with van der Waals surface area (Å²) in [5.41, 5.74) is 2.04. The zero-order chi connectivity index (χ0) is 21.5. The Balaban J connectivity index is 1.33. The number of Topliss-reactive ketones (excluding diaryl/α,β-unsaturated/α-hetero) is 1. The third kappa shape index (κ3) is 3.90. The molecule has 5 rings (SSSR count). The van der Waals surface area contributed by atoms with Crippen LogP contribution in [0.1, 0.15) is 36.0 Å². The molecule has 2 atom stereocenters. The molecule has 1 saturated heterocycles. The van der Waals surface area contributed by atoms with Crippen LogP contribution in [0.2, 0.25) is 5.02 Å². The molecule has 0 unspecified atom stereocenters. The summed E-state index contributed by atoms with van der Waals surface area (Å²) in [6, 6.07) is 12.4. The number of amides is 2. The molecule has 3 aromatic rings. The summed E-state index contributed by atoms with van der Waals surface area (Å²) in [6.45, 7) is 0. The Morgan fingerprint density at radius 3 is 2.42 bits per heavy atom. The van der Waals surface area contributed by atoms with Crippen molar-refractivity contribution in [3.8, 4) is 0 Å². The van der Waals surface area contributed by atoms with Crippen LogP contribution in [0.4, 0.5) is 5.69 Å². The lowest BCUT2D eigenvalue weighted by molar-refractivity contribution is -0.122. The number of hydrogen-bond acceptors (Lipinski definition) is 6. The van der Waals surface area contributed by atoms with E-state index in [1.54, 1.807) is 30.3 Å². The minimum Gasteiger partial charge on any atom is -0.293 e. The fraction of sp³-hybridized carbons (Fsp3) is 0.304. The van der Waals surface area contributed by atoms with Crippen molar-refractivity contribution < 1.29 is 14.4 Å². The number of rotatable bonds is 5. The summed E-state index contributed by atoms with van der Waals surface area (Å²) in [5, 5.41) is 0.598. The number of aromatic nitrogens is 1. The van der Waals surface area contributed by atoms with E-state index in [9.17, 15) is 14.4 Å². The fourth-order valence-corrected chi connectivity index (χ4v) is 6.48. The highest BCUT2D eigenvalue weighted by Gasteiger charge is 2.48. The van der Waals surface area contributed by atoms with Gasteiger partial charge in [-0.3, -0.25) is 19.3 Å². The number of thioether (sulfide) groups is 1. The van der Waals surface area contributed by atoms with E-state index in [0.717, 1.165) is 40.2 Å². The lowest BCUT2D eigenvalue weighted by atomic mass is 9.81. The number of thiazole rings is 1. The van der Waals surface area contributed by atoms with E-state index in [1.807, 2.05) is 12.1 Å². The number of anilines is 1. The van der Waals surface area contributed by atoms with Crippen LogP contribution in [-0.2, 0) is 9.59 Å². The summed E-state index contributed by atoms with van der Waals surface area (Å²) < 4.78 is 1.68. The number of imide groups is 1. The molecule has 0 N–H and O–H groups in total. The molecule has 1 aliphatic carbocycles. The topological polar surface area (TPSA) is 67.3 Å². The molecule has 2 fully saturated rings. The quantitative estimate of drug-likeness (QED) is 0.275. The first-order valence-electron chi connectivity index (χ1n) is 10.2. The van der Waals surface area contributed by atoms with Crippen LogP contribution in [0.3, 0.4) is 0 Å².